The summed E-state index contributed by atoms with van der Waals surface area (Å²) in [5.74, 6) is 5.51. The fraction of sp³-hybridized carbons (Fsp3) is 0.176. The van der Waals surface area contributed by atoms with E-state index in [0.29, 0.717) is 18.7 Å². The third-order valence-electron chi connectivity index (χ3n) is 2.90. The summed E-state index contributed by atoms with van der Waals surface area (Å²) in [7, 11) is 0. The number of rotatable bonds is 5. The Balaban J connectivity index is 1.70. The zero-order valence-corrected chi connectivity index (χ0v) is 12.8. The molecule has 24 heavy (non-hydrogen) atoms. The Morgan fingerprint density at radius 1 is 1.29 bits per heavy atom. The van der Waals surface area contributed by atoms with Gasteiger partial charge < -0.3 is 10.1 Å². The summed E-state index contributed by atoms with van der Waals surface area (Å²) in [5, 5.41) is 13.2. The number of alkyl carbamates (subject to hydrolysis) is 1. The molecule has 0 atom stereocenters. The second kappa shape index (κ2) is 8.90. The van der Waals surface area contributed by atoms with Crippen LogP contribution in [0.25, 0.3) is 0 Å². The molecular formula is C17H15N3O4. The predicted octanol–water partition coefficient (Wildman–Crippen LogP) is 2.66. The van der Waals surface area contributed by atoms with Crippen molar-refractivity contribution < 1.29 is 14.5 Å². The van der Waals surface area contributed by atoms with Crippen molar-refractivity contribution in [3.63, 3.8) is 0 Å². The monoisotopic (exact) mass is 325 g/mol. The number of nitrogens with one attached hydrogen (secondary N) is 1. The van der Waals surface area contributed by atoms with Crippen LogP contribution in [0.2, 0.25) is 0 Å². The van der Waals surface area contributed by atoms with E-state index in [1.165, 1.54) is 18.3 Å². The normalized spacial score (nSPS) is 9.50. The summed E-state index contributed by atoms with van der Waals surface area (Å²) in [6.07, 6.45) is 1.20. The largest absolute Gasteiger partial charge is 0.445 e. The second-order valence-corrected chi connectivity index (χ2v) is 4.70. The highest BCUT2D eigenvalue weighted by molar-refractivity contribution is 5.67. The van der Waals surface area contributed by atoms with Crippen LogP contribution in [0, 0.1) is 22.0 Å². The first-order chi connectivity index (χ1) is 11.6. The molecule has 7 nitrogen and oxygen atoms in total. The minimum Gasteiger partial charge on any atom is -0.445 e. The molecule has 1 aromatic carbocycles. The maximum Gasteiger partial charge on any atom is 0.407 e. The van der Waals surface area contributed by atoms with Crippen LogP contribution in [0.4, 0.5) is 10.5 Å². The fourth-order valence-electron chi connectivity index (χ4n) is 1.76. The Labute approximate surface area is 138 Å². The van der Waals surface area contributed by atoms with Crippen molar-refractivity contribution in [1.82, 2.24) is 10.3 Å². The molecule has 0 aliphatic rings. The third-order valence-corrected chi connectivity index (χ3v) is 2.90. The topological polar surface area (TPSA) is 94.4 Å². The van der Waals surface area contributed by atoms with Gasteiger partial charge in [0.15, 0.2) is 0 Å². The summed E-state index contributed by atoms with van der Waals surface area (Å²) in [4.78, 5) is 25.6. The lowest BCUT2D eigenvalue weighted by Gasteiger charge is -2.05. The number of hydrogen-bond donors (Lipinski definition) is 1. The Hall–Kier alpha value is -3.40. The lowest BCUT2D eigenvalue weighted by atomic mass is 10.2. The average Bonchev–Trinajstić information content (AvgIpc) is 2.61. The van der Waals surface area contributed by atoms with Gasteiger partial charge in [0.2, 0.25) is 0 Å². The minimum absolute atomic E-state index is 0.0584. The summed E-state index contributed by atoms with van der Waals surface area (Å²) in [5.41, 5.74) is 1.16. The predicted molar refractivity (Wildman–Crippen MR) is 87.0 cm³/mol. The van der Waals surface area contributed by atoms with Crippen LogP contribution in [0.15, 0.2) is 48.7 Å². The Bertz CT molecular complexity index is 766. The van der Waals surface area contributed by atoms with Crippen LogP contribution in [-0.2, 0) is 11.3 Å². The molecule has 1 amide bonds. The van der Waals surface area contributed by atoms with Gasteiger partial charge in [-0.1, -0.05) is 36.3 Å². The number of nitrogens with zero attached hydrogens (tertiary/aromatic N) is 2. The molecule has 0 fully saturated rings. The van der Waals surface area contributed by atoms with E-state index in [0.717, 1.165) is 5.56 Å². The molecule has 0 saturated heterocycles. The summed E-state index contributed by atoms with van der Waals surface area (Å²) < 4.78 is 5.05. The molecule has 122 valence electrons. The van der Waals surface area contributed by atoms with Crippen LogP contribution in [-0.4, -0.2) is 22.5 Å². The fourth-order valence-corrected chi connectivity index (χ4v) is 1.76. The van der Waals surface area contributed by atoms with Crippen LogP contribution >= 0.6 is 0 Å². The summed E-state index contributed by atoms with van der Waals surface area (Å²) in [6.45, 7) is 0.519. The van der Waals surface area contributed by atoms with E-state index < -0.39 is 11.0 Å². The van der Waals surface area contributed by atoms with E-state index in [1.807, 2.05) is 30.3 Å². The van der Waals surface area contributed by atoms with Gasteiger partial charge in [0.05, 0.1) is 11.0 Å². The molecule has 7 heteroatoms. The number of carbonyl (C=O) groups excluding carboxylic acids is 1. The molecule has 0 saturated carbocycles. The highest BCUT2D eigenvalue weighted by Crippen LogP contribution is 2.09. The lowest BCUT2D eigenvalue weighted by molar-refractivity contribution is -0.385. The molecule has 0 spiro atoms. The lowest BCUT2D eigenvalue weighted by Crippen LogP contribution is -2.24. The highest BCUT2D eigenvalue weighted by atomic mass is 16.6. The summed E-state index contributed by atoms with van der Waals surface area (Å²) >= 11 is 0. The van der Waals surface area contributed by atoms with Crippen molar-refractivity contribution in [2.45, 2.75) is 13.0 Å². The molecule has 0 bridgehead atoms. The Morgan fingerprint density at radius 3 is 2.83 bits per heavy atom. The number of aromatic nitrogens is 1. The summed E-state index contributed by atoms with van der Waals surface area (Å²) in [6, 6.07) is 12.0. The van der Waals surface area contributed by atoms with Gasteiger partial charge in [0.1, 0.15) is 12.3 Å². The Kier molecular flexibility index (Phi) is 6.29. The van der Waals surface area contributed by atoms with Gasteiger partial charge in [0.25, 0.3) is 5.69 Å². The highest BCUT2D eigenvalue weighted by Gasteiger charge is 2.04. The van der Waals surface area contributed by atoms with Crippen molar-refractivity contribution in [3.8, 4) is 11.8 Å². The number of pyridine rings is 1. The van der Waals surface area contributed by atoms with Crippen LogP contribution in [0.3, 0.4) is 0 Å². The molecule has 0 aliphatic heterocycles. The molecule has 1 aromatic heterocycles. The van der Waals surface area contributed by atoms with Gasteiger partial charge >= 0.3 is 6.09 Å². The number of ether oxygens (including phenoxy) is 1. The smallest absolute Gasteiger partial charge is 0.407 e. The minimum atomic E-state index is -0.519. The van der Waals surface area contributed by atoms with E-state index in [4.69, 9.17) is 4.74 Å². The molecule has 1 heterocycles. The van der Waals surface area contributed by atoms with E-state index in [2.05, 4.69) is 22.1 Å². The molecule has 0 unspecified atom stereocenters. The third kappa shape index (κ3) is 5.77. The van der Waals surface area contributed by atoms with Gasteiger partial charge in [-0.15, -0.1) is 0 Å². The zero-order valence-electron chi connectivity index (χ0n) is 12.8. The molecule has 2 aromatic rings. The van der Waals surface area contributed by atoms with E-state index in [9.17, 15) is 14.9 Å². The maximum absolute atomic E-state index is 11.5. The van der Waals surface area contributed by atoms with Crippen molar-refractivity contribution in [1.29, 1.82) is 0 Å². The van der Waals surface area contributed by atoms with E-state index in [1.54, 1.807) is 0 Å². The number of amides is 1. The molecular weight excluding hydrogens is 310 g/mol. The first-order valence-electron chi connectivity index (χ1n) is 7.19. The van der Waals surface area contributed by atoms with Gasteiger partial charge in [-0.25, -0.2) is 9.78 Å². The van der Waals surface area contributed by atoms with E-state index in [-0.39, 0.29) is 12.3 Å². The molecule has 0 radical (unpaired) electrons. The maximum atomic E-state index is 11.5. The van der Waals surface area contributed by atoms with Crippen LogP contribution in [0.1, 0.15) is 17.7 Å². The standard InChI is InChI=1S/C17H15N3O4/c21-17(24-13-14-6-2-1-3-7-14)19-10-5-4-8-15-12-16(20(22)23)9-11-18-15/h1-3,6-7,9,11-12H,5,10,13H2,(H,19,21). The van der Waals surface area contributed by atoms with Crippen LogP contribution in [0.5, 0.6) is 0 Å². The van der Waals surface area contributed by atoms with Gasteiger partial charge in [-0.05, 0) is 11.5 Å². The molecule has 0 aliphatic carbocycles. The first kappa shape index (κ1) is 17.0. The van der Waals surface area contributed by atoms with Crippen molar-refractivity contribution in [3.05, 3.63) is 70.0 Å². The van der Waals surface area contributed by atoms with Gasteiger partial charge in [-0.3, -0.25) is 10.1 Å². The first-order valence-corrected chi connectivity index (χ1v) is 7.19. The van der Waals surface area contributed by atoms with Crippen molar-refractivity contribution in [2.75, 3.05) is 6.54 Å². The second-order valence-electron chi connectivity index (χ2n) is 4.70. The number of carbonyl (C=O) groups is 1. The number of nitro groups is 1. The average molecular weight is 325 g/mol. The quantitative estimate of drug-likeness (QED) is 0.395. The number of benzene rings is 1. The Morgan fingerprint density at radius 2 is 2.08 bits per heavy atom. The SMILES string of the molecule is O=C(NCCC#Cc1cc([N+](=O)[O-])ccn1)OCc1ccccc1. The van der Waals surface area contributed by atoms with Gasteiger partial charge in [-0.2, -0.15) is 0 Å². The van der Waals surface area contributed by atoms with E-state index >= 15 is 0 Å². The van der Waals surface area contributed by atoms with Crippen molar-refractivity contribution >= 4 is 11.8 Å². The van der Waals surface area contributed by atoms with Gasteiger partial charge in [0, 0.05) is 25.2 Å². The molecule has 1 N–H and O–H groups in total. The van der Waals surface area contributed by atoms with Crippen LogP contribution < -0.4 is 5.32 Å². The van der Waals surface area contributed by atoms with Crippen molar-refractivity contribution in [2.24, 2.45) is 0 Å². The molecule has 2 rings (SSSR count). The number of hydrogen-bond acceptors (Lipinski definition) is 5. The zero-order chi connectivity index (χ0) is 17.2.